The predicted octanol–water partition coefficient (Wildman–Crippen LogP) is 1.93. The predicted molar refractivity (Wildman–Crippen MR) is 78.6 cm³/mol. The number of nitrogens with two attached hydrogens (primary N) is 1. The summed E-state index contributed by atoms with van der Waals surface area (Å²) in [6.45, 7) is 4.34. The Kier molecular flexibility index (Phi) is 5.32. The van der Waals surface area contributed by atoms with Crippen molar-refractivity contribution < 1.29 is 4.79 Å². The third kappa shape index (κ3) is 3.45. The number of likely N-dealkylation sites (N-methyl/N-ethyl adjacent to an activating group) is 1. The Morgan fingerprint density at radius 2 is 2.11 bits per heavy atom. The molecule has 2 N–H and O–H groups in total. The van der Waals surface area contributed by atoms with Crippen LogP contribution in [0.5, 0.6) is 0 Å². The number of rotatable bonds is 4. The van der Waals surface area contributed by atoms with Crippen LogP contribution >= 0.6 is 12.4 Å². The zero-order valence-corrected chi connectivity index (χ0v) is 12.5. The van der Waals surface area contributed by atoms with Gasteiger partial charge in [-0.25, -0.2) is 0 Å². The zero-order valence-electron chi connectivity index (χ0n) is 11.7. The molecule has 1 aromatic heterocycles. The van der Waals surface area contributed by atoms with Crippen LogP contribution in [0.25, 0.3) is 0 Å². The highest BCUT2D eigenvalue weighted by Crippen LogP contribution is 2.35. The van der Waals surface area contributed by atoms with E-state index >= 15 is 0 Å². The van der Waals surface area contributed by atoms with Crippen molar-refractivity contribution in [3.05, 3.63) is 29.1 Å². The molecule has 0 aliphatic heterocycles. The van der Waals surface area contributed by atoms with Gasteiger partial charge in [-0.2, -0.15) is 0 Å². The van der Waals surface area contributed by atoms with E-state index in [9.17, 15) is 4.79 Å². The molecular formula is C14H22ClN3O. The zero-order chi connectivity index (χ0) is 13.3. The topological polar surface area (TPSA) is 59.2 Å². The maximum Gasteiger partial charge on any atom is 0.255 e. The molecule has 1 aliphatic rings. The quantitative estimate of drug-likeness (QED) is 0.918. The summed E-state index contributed by atoms with van der Waals surface area (Å²) in [7, 11) is 1.84. The summed E-state index contributed by atoms with van der Waals surface area (Å²) in [5.74, 6) is 0.616. The first-order valence-corrected chi connectivity index (χ1v) is 6.46. The summed E-state index contributed by atoms with van der Waals surface area (Å²) in [5.41, 5.74) is 8.19. The van der Waals surface area contributed by atoms with Crippen molar-refractivity contribution >= 4 is 18.3 Å². The first-order valence-electron chi connectivity index (χ1n) is 6.46. The van der Waals surface area contributed by atoms with E-state index < -0.39 is 0 Å². The van der Waals surface area contributed by atoms with Gasteiger partial charge in [0, 0.05) is 25.3 Å². The molecule has 0 radical (unpaired) electrons. The van der Waals surface area contributed by atoms with Gasteiger partial charge >= 0.3 is 0 Å². The summed E-state index contributed by atoms with van der Waals surface area (Å²) < 4.78 is 0. The maximum atomic E-state index is 12.4. The lowest BCUT2D eigenvalue weighted by atomic mass is 10.1. The van der Waals surface area contributed by atoms with Crippen molar-refractivity contribution in [3.8, 4) is 0 Å². The highest BCUT2D eigenvalue weighted by molar-refractivity contribution is 5.95. The molecule has 1 fully saturated rings. The number of nitrogens with zero attached hydrogens (tertiary/aromatic N) is 2. The maximum absolute atomic E-state index is 12.4. The Morgan fingerprint density at radius 3 is 2.58 bits per heavy atom. The fourth-order valence-corrected chi connectivity index (χ4v) is 2.40. The number of aryl methyl sites for hydroxylation is 2. The van der Waals surface area contributed by atoms with Crippen LogP contribution in [0.15, 0.2) is 12.1 Å². The van der Waals surface area contributed by atoms with E-state index in [1.165, 1.54) is 12.8 Å². The molecule has 0 bridgehead atoms. The van der Waals surface area contributed by atoms with Crippen molar-refractivity contribution in [1.82, 2.24) is 9.88 Å². The first kappa shape index (κ1) is 15.9. The Morgan fingerprint density at radius 1 is 1.47 bits per heavy atom. The molecule has 1 unspecified atom stereocenters. The van der Waals surface area contributed by atoms with Gasteiger partial charge in [-0.3, -0.25) is 9.78 Å². The third-order valence-corrected chi connectivity index (χ3v) is 3.68. The Labute approximate surface area is 120 Å². The molecule has 4 nitrogen and oxygen atoms in total. The SMILES string of the molecule is Cc1ccc(C(=O)N(C)C(CN)C2CC2)c(C)n1.Cl. The molecule has 1 saturated carbocycles. The van der Waals surface area contributed by atoms with Gasteiger partial charge in [0.2, 0.25) is 0 Å². The highest BCUT2D eigenvalue weighted by Gasteiger charge is 2.35. The Bertz CT molecular complexity index is 460. The molecule has 19 heavy (non-hydrogen) atoms. The Balaban J connectivity index is 0.00000180. The van der Waals surface area contributed by atoms with E-state index in [0.29, 0.717) is 18.0 Å². The van der Waals surface area contributed by atoms with Crippen molar-refractivity contribution in [1.29, 1.82) is 0 Å². The van der Waals surface area contributed by atoms with Gasteiger partial charge in [-0.15, -0.1) is 12.4 Å². The van der Waals surface area contributed by atoms with Gasteiger partial charge in [-0.1, -0.05) is 0 Å². The number of amides is 1. The molecule has 0 spiro atoms. The van der Waals surface area contributed by atoms with Gasteiger partial charge in [0.1, 0.15) is 0 Å². The van der Waals surface area contributed by atoms with Gasteiger partial charge in [0.05, 0.1) is 11.3 Å². The molecule has 1 aliphatic carbocycles. The minimum absolute atomic E-state index is 0. The average Bonchev–Trinajstić information content (AvgIpc) is 3.13. The van der Waals surface area contributed by atoms with Crippen LogP contribution in [0, 0.1) is 19.8 Å². The highest BCUT2D eigenvalue weighted by atomic mass is 35.5. The number of carbonyl (C=O) groups is 1. The lowest BCUT2D eigenvalue weighted by Gasteiger charge is -2.27. The van der Waals surface area contributed by atoms with Crippen molar-refractivity contribution in [3.63, 3.8) is 0 Å². The van der Waals surface area contributed by atoms with Crippen LogP contribution in [-0.4, -0.2) is 35.4 Å². The van der Waals surface area contributed by atoms with Gasteiger partial charge < -0.3 is 10.6 Å². The van der Waals surface area contributed by atoms with Crippen LogP contribution < -0.4 is 5.73 Å². The van der Waals surface area contributed by atoms with E-state index in [-0.39, 0.29) is 24.4 Å². The molecule has 2 rings (SSSR count). The summed E-state index contributed by atoms with van der Waals surface area (Å²) in [5, 5.41) is 0. The number of halogens is 1. The van der Waals surface area contributed by atoms with E-state index in [4.69, 9.17) is 5.73 Å². The molecule has 5 heteroatoms. The molecule has 1 heterocycles. The van der Waals surface area contributed by atoms with Crippen LogP contribution in [0.3, 0.4) is 0 Å². The van der Waals surface area contributed by atoms with Crippen LogP contribution in [-0.2, 0) is 0 Å². The van der Waals surface area contributed by atoms with E-state index in [0.717, 1.165) is 11.4 Å². The lowest BCUT2D eigenvalue weighted by Crippen LogP contribution is -2.43. The molecule has 0 saturated heterocycles. The average molecular weight is 284 g/mol. The van der Waals surface area contributed by atoms with Crippen molar-refractivity contribution in [2.45, 2.75) is 32.7 Å². The molecule has 1 atom stereocenters. The molecule has 106 valence electrons. The van der Waals surface area contributed by atoms with Crippen molar-refractivity contribution in [2.75, 3.05) is 13.6 Å². The van der Waals surface area contributed by atoms with Crippen LogP contribution in [0.2, 0.25) is 0 Å². The minimum atomic E-state index is 0. The first-order chi connectivity index (χ1) is 8.54. The van der Waals surface area contributed by atoms with Crippen LogP contribution in [0.4, 0.5) is 0 Å². The second kappa shape index (κ2) is 6.35. The smallest absolute Gasteiger partial charge is 0.255 e. The number of hydrogen-bond acceptors (Lipinski definition) is 3. The number of carbonyl (C=O) groups excluding carboxylic acids is 1. The standard InChI is InChI=1S/C14H21N3O.ClH/c1-9-4-7-12(10(2)16-9)14(18)17(3)13(8-15)11-5-6-11;/h4,7,11,13H,5-6,8,15H2,1-3H3;1H. The second-order valence-corrected chi connectivity index (χ2v) is 5.14. The summed E-state index contributed by atoms with van der Waals surface area (Å²) >= 11 is 0. The summed E-state index contributed by atoms with van der Waals surface area (Å²) in [6, 6.07) is 3.90. The largest absolute Gasteiger partial charge is 0.337 e. The Hall–Kier alpha value is -1.13. The number of pyridine rings is 1. The third-order valence-electron chi connectivity index (χ3n) is 3.68. The number of aromatic nitrogens is 1. The summed E-state index contributed by atoms with van der Waals surface area (Å²) in [6.07, 6.45) is 2.37. The molecule has 1 aromatic rings. The summed E-state index contributed by atoms with van der Waals surface area (Å²) in [4.78, 5) is 18.6. The van der Waals surface area contributed by atoms with Gasteiger partial charge in [0.15, 0.2) is 0 Å². The van der Waals surface area contributed by atoms with Gasteiger partial charge in [0.25, 0.3) is 5.91 Å². The minimum Gasteiger partial charge on any atom is -0.337 e. The normalized spacial score (nSPS) is 15.6. The van der Waals surface area contributed by atoms with Crippen molar-refractivity contribution in [2.24, 2.45) is 11.7 Å². The van der Waals surface area contributed by atoms with E-state index in [1.807, 2.05) is 33.0 Å². The fourth-order valence-electron chi connectivity index (χ4n) is 2.40. The van der Waals surface area contributed by atoms with Crippen LogP contribution in [0.1, 0.15) is 34.6 Å². The monoisotopic (exact) mass is 283 g/mol. The van der Waals surface area contributed by atoms with E-state index in [1.54, 1.807) is 4.90 Å². The number of hydrogen-bond donors (Lipinski definition) is 1. The molecule has 1 amide bonds. The van der Waals surface area contributed by atoms with Gasteiger partial charge in [-0.05, 0) is 44.7 Å². The fraction of sp³-hybridized carbons (Fsp3) is 0.571. The molecular weight excluding hydrogens is 262 g/mol. The lowest BCUT2D eigenvalue weighted by molar-refractivity contribution is 0.0717. The second-order valence-electron chi connectivity index (χ2n) is 5.14. The van der Waals surface area contributed by atoms with E-state index in [2.05, 4.69) is 4.98 Å². The molecule has 0 aromatic carbocycles.